The molecular weight excluding hydrogens is 382 g/mol. The minimum atomic E-state index is -0.282. The Bertz CT molecular complexity index is 1350. The molecule has 5 aromatic rings. The summed E-state index contributed by atoms with van der Waals surface area (Å²) in [6.45, 7) is 4.13. The smallest absolute Gasteiger partial charge is 0.261 e. The molecule has 4 N–H and O–H groups in total. The summed E-state index contributed by atoms with van der Waals surface area (Å²) in [5.74, 6) is 1.23. The fourth-order valence-electron chi connectivity index (χ4n) is 3.50. The molecule has 30 heavy (non-hydrogen) atoms. The Morgan fingerprint density at radius 1 is 1.03 bits per heavy atom. The van der Waals surface area contributed by atoms with Crippen LogP contribution >= 0.6 is 0 Å². The van der Waals surface area contributed by atoms with Gasteiger partial charge < -0.3 is 15.3 Å². The average molecular weight is 401 g/mol. The molecule has 0 aromatic carbocycles. The molecule has 0 aliphatic carbocycles. The number of aromatic amines is 3. The first kappa shape index (κ1) is 18.0. The van der Waals surface area contributed by atoms with Crippen LogP contribution in [0.1, 0.15) is 25.7 Å². The standard InChI is InChI=1S/C20H19N9O/c1-10(2)15(19-22-5-3-6-23-19)28-17-14(20(30)27-13-9-24-29-16(13)17)18-25-11-4-7-21-8-12(11)26-18/h3-10,15H,1-2H3,(H,24,29)(H,25,26)(H2,27,28,30)/t15-/m0/s1. The molecular formula is C20H19N9O. The van der Waals surface area contributed by atoms with E-state index in [9.17, 15) is 4.79 Å². The van der Waals surface area contributed by atoms with Gasteiger partial charge in [0.25, 0.3) is 5.56 Å². The van der Waals surface area contributed by atoms with Gasteiger partial charge in [0.15, 0.2) is 5.82 Å². The third kappa shape index (κ3) is 2.98. The van der Waals surface area contributed by atoms with Crippen LogP contribution in [0.4, 0.5) is 5.69 Å². The fraction of sp³-hybridized carbons (Fsp3) is 0.200. The zero-order chi connectivity index (χ0) is 20.7. The summed E-state index contributed by atoms with van der Waals surface area (Å²) in [7, 11) is 0. The van der Waals surface area contributed by atoms with E-state index in [0.717, 1.165) is 11.0 Å². The van der Waals surface area contributed by atoms with Gasteiger partial charge in [-0.25, -0.2) is 15.0 Å². The van der Waals surface area contributed by atoms with Crippen molar-refractivity contribution in [2.24, 2.45) is 5.92 Å². The van der Waals surface area contributed by atoms with E-state index < -0.39 is 0 Å². The zero-order valence-corrected chi connectivity index (χ0v) is 16.3. The van der Waals surface area contributed by atoms with Crippen molar-refractivity contribution < 1.29 is 0 Å². The number of fused-ring (bicyclic) bond motifs is 2. The van der Waals surface area contributed by atoms with Crippen molar-refractivity contribution in [1.82, 2.24) is 40.1 Å². The molecule has 5 aromatic heterocycles. The molecule has 5 heterocycles. The molecule has 0 bridgehead atoms. The van der Waals surface area contributed by atoms with Crippen LogP contribution in [0.5, 0.6) is 0 Å². The third-order valence-corrected chi connectivity index (χ3v) is 4.97. The normalized spacial score (nSPS) is 12.6. The van der Waals surface area contributed by atoms with Gasteiger partial charge in [-0.3, -0.25) is 14.9 Å². The number of aromatic nitrogens is 8. The van der Waals surface area contributed by atoms with Crippen LogP contribution < -0.4 is 10.9 Å². The molecule has 0 fully saturated rings. The van der Waals surface area contributed by atoms with Crippen molar-refractivity contribution >= 4 is 27.8 Å². The van der Waals surface area contributed by atoms with Gasteiger partial charge in [0, 0.05) is 18.6 Å². The van der Waals surface area contributed by atoms with Crippen LogP contribution in [0.25, 0.3) is 33.5 Å². The van der Waals surface area contributed by atoms with Gasteiger partial charge in [0.2, 0.25) is 0 Å². The molecule has 0 unspecified atom stereocenters. The highest BCUT2D eigenvalue weighted by Gasteiger charge is 2.25. The molecule has 0 radical (unpaired) electrons. The topological polar surface area (TPSA) is 141 Å². The largest absolute Gasteiger partial charge is 0.372 e. The summed E-state index contributed by atoms with van der Waals surface area (Å²) < 4.78 is 0. The minimum absolute atomic E-state index is 0.150. The molecule has 0 saturated carbocycles. The Labute approximate surface area is 170 Å². The Hall–Kier alpha value is -4.08. The Morgan fingerprint density at radius 3 is 2.63 bits per heavy atom. The van der Waals surface area contributed by atoms with E-state index in [2.05, 4.69) is 59.3 Å². The molecule has 0 saturated heterocycles. The number of nitrogens with one attached hydrogen (secondary N) is 4. The number of rotatable bonds is 5. The van der Waals surface area contributed by atoms with Crippen LogP contribution in [0.2, 0.25) is 0 Å². The molecule has 5 rings (SSSR count). The minimum Gasteiger partial charge on any atom is -0.372 e. The lowest BCUT2D eigenvalue weighted by molar-refractivity contribution is 0.522. The maximum Gasteiger partial charge on any atom is 0.261 e. The first-order valence-electron chi connectivity index (χ1n) is 9.54. The summed E-state index contributed by atoms with van der Waals surface area (Å²) in [5.41, 5.74) is 3.42. The van der Waals surface area contributed by atoms with Crippen molar-refractivity contribution in [3.05, 3.63) is 59.3 Å². The van der Waals surface area contributed by atoms with Crippen molar-refractivity contribution in [3.8, 4) is 11.4 Å². The highest BCUT2D eigenvalue weighted by atomic mass is 16.1. The van der Waals surface area contributed by atoms with E-state index in [1.54, 1.807) is 43.1 Å². The number of pyridine rings is 2. The lowest BCUT2D eigenvalue weighted by Crippen LogP contribution is -2.22. The van der Waals surface area contributed by atoms with Gasteiger partial charge in [0.05, 0.1) is 40.7 Å². The van der Waals surface area contributed by atoms with Gasteiger partial charge in [0.1, 0.15) is 16.9 Å². The summed E-state index contributed by atoms with van der Waals surface area (Å²) in [6.07, 6.45) is 8.33. The molecule has 150 valence electrons. The molecule has 10 heteroatoms. The molecule has 1 atom stereocenters. The van der Waals surface area contributed by atoms with Gasteiger partial charge >= 0.3 is 0 Å². The average Bonchev–Trinajstić information content (AvgIpc) is 3.38. The first-order chi connectivity index (χ1) is 14.6. The van der Waals surface area contributed by atoms with Crippen LogP contribution in [0, 0.1) is 5.92 Å². The van der Waals surface area contributed by atoms with E-state index in [0.29, 0.717) is 33.9 Å². The van der Waals surface area contributed by atoms with Crippen LogP contribution in [0.3, 0.4) is 0 Å². The lowest BCUT2D eigenvalue weighted by atomic mass is 10.0. The predicted octanol–water partition coefficient (Wildman–Crippen LogP) is 2.79. The monoisotopic (exact) mass is 401 g/mol. The maximum atomic E-state index is 13.1. The maximum absolute atomic E-state index is 13.1. The van der Waals surface area contributed by atoms with E-state index in [4.69, 9.17) is 0 Å². The quantitative estimate of drug-likeness (QED) is 0.355. The van der Waals surface area contributed by atoms with Crippen LogP contribution in [-0.2, 0) is 0 Å². The summed E-state index contributed by atoms with van der Waals surface area (Å²) in [6, 6.07) is 3.33. The van der Waals surface area contributed by atoms with Gasteiger partial charge in [-0.15, -0.1) is 0 Å². The number of nitrogens with zero attached hydrogens (tertiary/aromatic N) is 5. The highest BCUT2D eigenvalue weighted by molar-refractivity contribution is 5.96. The number of imidazole rings is 1. The van der Waals surface area contributed by atoms with Crippen molar-refractivity contribution in [2.75, 3.05) is 5.32 Å². The SMILES string of the molecule is CC(C)[C@H](Nc1c(-c2nc3ccncc3[nH]2)c(=O)[nH]c2cn[nH]c12)c1ncccn1. The van der Waals surface area contributed by atoms with E-state index in [1.165, 1.54) is 0 Å². The number of H-pyrrole nitrogens is 3. The number of hydrogen-bond acceptors (Lipinski definition) is 7. The number of hydrogen-bond donors (Lipinski definition) is 4. The predicted molar refractivity (Wildman–Crippen MR) is 113 cm³/mol. The fourth-order valence-corrected chi connectivity index (χ4v) is 3.50. The summed E-state index contributed by atoms with van der Waals surface area (Å²) >= 11 is 0. The molecule has 0 aliphatic heterocycles. The summed E-state index contributed by atoms with van der Waals surface area (Å²) in [4.78, 5) is 36.7. The van der Waals surface area contributed by atoms with Gasteiger partial charge in [-0.1, -0.05) is 13.8 Å². The lowest BCUT2D eigenvalue weighted by Gasteiger charge is -2.23. The van der Waals surface area contributed by atoms with Crippen LogP contribution in [-0.4, -0.2) is 40.1 Å². The van der Waals surface area contributed by atoms with E-state index >= 15 is 0 Å². The molecule has 0 spiro atoms. The zero-order valence-electron chi connectivity index (χ0n) is 16.3. The Balaban J connectivity index is 1.73. The van der Waals surface area contributed by atoms with Crippen LogP contribution in [0.15, 0.2) is 47.9 Å². The van der Waals surface area contributed by atoms with Gasteiger partial charge in [-0.2, -0.15) is 5.10 Å². The second-order valence-corrected chi connectivity index (χ2v) is 7.31. The van der Waals surface area contributed by atoms with Crippen molar-refractivity contribution in [2.45, 2.75) is 19.9 Å². The Kier molecular flexibility index (Phi) is 4.24. The number of anilines is 1. The summed E-state index contributed by atoms with van der Waals surface area (Å²) in [5, 5.41) is 10.6. The molecule has 0 amide bonds. The van der Waals surface area contributed by atoms with E-state index in [-0.39, 0.29) is 17.5 Å². The van der Waals surface area contributed by atoms with Crippen molar-refractivity contribution in [1.29, 1.82) is 0 Å². The van der Waals surface area contributed by atoms with Gasteiger partial charge in [-0.05, 0) is 18.1 Å². The van der Waals surface area contributed by atoms with E-state index in [1.807, 2.05) is 0 Å². The first-order valence-corrected chi connectivity index (χ1v) is 9.54. The second kappa shape index (κ2) is 7.07. The van der Waals surface area contributed by atoms with Crippen molar-refractivity contribution in [3.63, 3.8) is 0 Å². The third-order valence-electron chi connectivity index (χ3n) is 4.97. The second-order valence-electron chi connectivity index (χ2n) is 7.31. The molecule has 0 aliphatic rings. The highest BCUT2D eigenvalue weighted by Crippen LogP contribution is 2.33. The Morgan fingerprint density at radius 2 is 1.87 bits per heavy atom. The molecule has 10 nitrogen and oxygen atoms in total.